The van der Waals surface area contributed by atoms with Crippen LogP contribution in [0.2, 0.25) is 5.02 Å². The van der Waals surface area contributed by atoms with Gasteiger partial charge in [-0.1, -0.05) is 11.6 Å². The summed E-state index contributed by atoms with van der Waals surface area (Å²) in [5, 5.41) is 3.39. The average Bonchev–Trinajstić information content (AvgIpc) is 2.90. The van der Waals surface area contributed by atoms with Gasteiger partial charge in [-0.05, 0) is 44.9 Å². The third-order valence-corrected chi connectivity index (χ3v) is 4.63. The van der Waals surface area contributed by atoms with Gasteiger partial charge in [0.05, 0.1) is 12.8 Å². The van der Waals surface area contributed by atoms with E-state index in [1.807, 2.05) is 6.92 Å². The second kappa shape index (κ2) is 8.54. The minimum Gasteiger partial charge on any atom is -0.495 e. The molecule has 138 valence electrons. The van der Waals surface area contributed by atoms with Crippen LogP contribution in [0.15, 0.2) is 18.2 Å². The molecule has 0 radical (unpaired) electrons. The van der Waals surface area contributed by atoms with Crippen molar-refractivity contribution in [2.45, 2.75) is 38.6 Å². The fourth-order valence-corrected chi connectivity index (χ4v) is 3.18. The molecule has 1 aromatic carbocycles. The number of carbonyl (C=O) groups is 2. The Bertz CT molecular complexity index is 638. The molecule has 0 spiro atoms. The maximum absolute atomic E-state index is 12.8. The molecule has 2 rings (SSSR count). The summed E-state index contributed by atoms with van der Waals surface area (Å²) < 4.78 is 10.6. The highest BCUT2D eigenvalue weighted by Crippen LogP contribution is 2.41. The molecular weight excluding hydrogens is 344 g/mol. The Morgan fingerprint density at radius 3 is 2.88 bits per heavy atom. The number of nitrogens with zero attached hydrogens (tertiary/aromatic N) is 1. The predicted molar refractivity (Wildman–Crippen MR) is 97.2 cm³/mol. The van der Waals surface area contributed by atoms with E-state index in [2.05, 4.69) is 5.32 Å². The van der Waals surface area contributed by atoms with Gasteiger partial charge in [-0.3, -0.25) is 14.5 Å². The maximum atomic E-state index is 12.8. The SMILES string of the molecule is CCOCCCNC(=O)C1(C)CCC(=O)N1c1cc(Cl)ccc1OC. The second-order valence-corrected chi connectivity index (χ2v) is 6.56. The van der Waals surface area contributed by atoms with E-state index in [1.165, 1.54) is 12.0 Å². The van der Waals surface area contributed by atoms with Crippen LogP contribution in [0.3, 0.4) is 0 Å². The Hall–Kier alpha value is -1.79. The summed E-state index contributed by atoms with van der Waals surface area (Å²) in [4.78, 5) is 26.8. The lowest BCUT2D eigenvalue weighted by Gasteiger charge is -2.34. The Labute approximate surface area is 153 Å². The number of anilines is 1. The van der Waals surface area contributed by atoms with Crippen LogP contribution in [0.4, 0.5) is 5.69 Å². The lowest BCUT2D eigenvalue weighted by molar-refractivity contribution is -0.127. The van der Waals surface area contributed by atoms with Crippen molar-refractivity contribution in [3.05, 3.63) is 23.2 Å². The minimum absolute atomic E-state index is 0.118. The largest absolute Gasteiger partial charge is 0.495 e. The molecule has 25 heavy (non-hydrogen) atoms. The van der Waals surface area contributed by atoms with Crippen LogP contribution in [-0.2, 0) is 14.3 Å². The molecule has 1 aliphatic heterocycles. The van der Waals surface area contributed by atoms with E-state index >= 15 is 0 Å². The Balaban J connectivity index is 2.20. The molecule has 1 fully saturated rings. The molecule has 7 heteroatoms. The van der Waals surface area contributed by atoms with E-state index in [1.54, 1.807) is 25.1 Å². The number of halogens is 1. The molecule has 0 saturated carbocycles. The second-order valence-electron chi connectivity index (χ2n) is 6.13. The first-order valence-electron chi connectivity index (χ1n) is 8.46. The quantitative estimate of drug-likeness (QED) is 0.716. The monoisotopic (exact) mass is 368 g/mol. The van der Waals surface area contributed by atoms with Crippen molar-refractivity contribution >= 4 is 29.1 Å². The lowest BCUT2D eigenvalue weighted by atomic mass is 9.97. The number of hydrogen-bond acceptors (Lipinski definition) is 4. The molecule has 1 N–H and O–H groups in total. The molecule has 0 bridgehead atoms. The topological polar surface area (TPSA) is 67.9 Å². The maximum Gasteiger partial charge on any atom is 0.246 e. The molecule has 6 nitrogen and oxygen atoms in total. The van der Waals surface area contributed by atoms with Crippen molar-refractivity contribution in [1.29, 1.82) is 0 Å². The summed E-state index contributed by atoms with van der Waals surface area (Å²) in [6, 6.07) is 5.05. The number of ether oxygens (including phenoxy) is 2. The van der Waals surface area contributed by atoms with E-state index in [4.69, 9.17) is 21.1 Å². The number of benzene rings is 1. The zero-order valence-electron chi connectivity index (χ0n) is 14.9. The van der Waals surface area contributed by atoms with E-state index < -0.39 is 5.54 Å². The molecule has 0 aromatic heterocycles. The van der Waals surface area contributed by atoms with E-state index in [0.717, 1.165) is 6.42 Å². The van der Waals surface area contributed by atoms with Gasteiger partial charge in [-0.15, -0.1) is 0 Å². The van der Waals surface area contributed by atoms with Crippen LogP contribution in [0, 0.1) is 0 Å². The number of amides is 2. The van der Waals surface area contributed by atoms with Crippen molar-refractivity contribution in [2.75, 3.05) is 31.8 Å². The Morgan fingerprint density at radius 2 is 2.20 bits per heavy atom. The third kappa shape index (κ3) is 4.25. The summed E-state index contributed by atoms with van der Waals surface area (Å²) in [5.74, 6) is 0.208. The molecule has 1 aliphatic rings. The van der Waals surface area contributed by atoms with Gasteiger partial charge in [0.15, 0.2) is 0 Å². The number of nitrogens with one attached hydrogen (secondary N) is 1. The van der Waals surface area contributed by atoms with Crippen LogP contribution in [0.5, 0.6) is 5.75 Å². The highest BCUT2D eigenvalue weighted by atomic mass is 35.5. The van der Waals surface area contributed by atoms with Gasteiger partial charge in [0, 0.05) is 31.2 Å². The Morgan fingerprint density at radius 1 is 1.44 bits per heavy atom. The summed E-state index contributed by atoms with van der Waals surface area (Å²) in [7, 11) is 1.53. The normalized spacial score (nSPS) is 20.0. The van der Waals surface area contributed by atoms with Crippen molar-refractivity contribution < 1.29 is 19.1 Å². The smallest absolute Gasteiger partial charge is 0.246 e. The average molecular weight is 369 g/mol. The zero-order valence-corrected chi connectivity index (χ0v) is 15.7. The summed E-state index contributed by atoms with van der Waals surface area (Å²) in [5.41, 5.74) is -0.454. The fourth-order valence-electron chi connectivity index (χ4n) is 3.01. The summed E-state index contributed by atoms with van der Waals surface area (Å²) in [6.07, 6.45) is 1.47. The van der Waals surface area contributed by atoms with Crippen molar-refractivity contribution in [3.8, 4) is 5.75 Å². The highest BCUT2D eigenvalue weighted by Gasteiger charge is 2.48. The third-order valence-electron chi connectivity index (χ3n) is 4.39. The van der Waals surface area contributed by atoms with E-state index in [-0.39, 0.29) is 11.8 Å². The van der Waals surface area contributed by atoms with Crippen LogP contribution < -0.4 is 15.0 Å². The molecule has 1 saturated heterocycles. The zero-order chi connectivity index (χ0) is 18.4. The number of carbonyl (C=O) groups excluding carboxylic acids is 2. The standard InChI is InChI=1S/C18H25ClN2O4/c1-4-25-11-5-10-20-17(23)18(2)9-8-16(22)21(18)14-12-13(19)6-7-15(14)24-3/h6-7,12H,4-5,8-11H2,1-3H3,(H,20,23). The first-order chi connectivity index (χ1) is 11.9. The summed E-state index contributed by atoms with van der Waals surface area (Å²) in [6.45, 7) is 5.46. The molecule has 2 amide bonds. The predicted octanol–water partition coefficient (Wildman–Crippen LogP) is 2.78. The Kier molecular flexibility index (Phi) is 6.67. The van der Waals surface area contributed by atoms with Crippen LogP contribution in [0.25, 0.3) is 0 Å². The van der Waals surface area contributed by atoms with E-state index in [9.17, 15) is 9.59 Å². The number of rotatable bonds is 8. The van der Waals surface area contributed by atoms with Gasteiger partial charge in [0.25, 0.3) is 0 Å². The molecule has 1 heterocycles. The molecule has 0 aliphatic carbocycles. The van der Waals surface area contributed by atoms with Crippen molar-refractivity contribution in [3.63, 3.8) is 0 Å². The fraction of sp³-hybridized carbons (Fsp3) is 0.556. The van der Waals surface area contributed by atoms with Crippen molar-refractivity contribution in [1.82, 2.24) is 5.32 Å². The molecular formula is C18H25ClN2O4. The van der Waals surface area contributed by atoms with Crippen molar-refractivity contribution in [2.24, 2.45) is 0 Å². The molecule has 1 unspecified atom stereocenters. The van der Waals surface area contributed by atoms with Crippen LogP contribution in [-0.4, -0.2) is 44.2 Å². The van der Waals surface area contributed by atoms with Gasteiger partial charge >= 0.3 is 0 Å². The number of methoxy groups -OCH3 is 1. The highest BCUT2D eigenvalue weighted by molar-refractivity contribution is 6.31. The van der Waals surface area contributed by atoms with Gasteiger partial charge < -0.3 is 14.8 Å². The van der Waals surface area contributed by atoms with Gasteiger partial charge in [0.2, 0.25) is 11.8 Å². The molecule has 1 aromatic rings. The minimum atomic E-state index is -0.972. The van der Waals surface area contributed by atoms with Crippen LogP contribution in [0.1, 0.15) is 33.1 Å². The first kappa shape index (κ1) is 19.5. The van der Waals surface area contributed by atoms with E-state index in [0.29, 0.717) is 49.1 Å². The first-order valence-corrected chi connectivity index (χ1v) is 8.84. The van der Waals surface area contributed by atoms with Crippen LogP contribution >= 0.6 is 11.6 Å². The van der Waals surface area contributed by atoms with Gasteiger partial charge in [-0.2, -0.15) is 0 Å². The van der Waals surface area contributed by atoms with Gasteiger partial charge in [0.1, 0.15) is 11.3 Å². The summed E-state index contributed by atoms with van der Waals surface area (Å²) >= 11 is 6.10. The lowest BCUT2D eigenvalue weighted by Crippen LogP contribution is -2.55. The molecule has 1 atom stereocenters. The van der Waals surface area contributed by atoms with Gasteiger partial charge in [-0.25, -0.2) is 0 Å². The number of hydrogen-bond donors (Lipinski definition) is 1.